The highest BCUT2D eigenvalue weighted by molar-refractivity contribution is 6.08. The van der Waals surface area contributed by atoms with E-state index in [0.717, 1.165) is 5.56 Å². The van der Waals surface area contributed by atoms with E-state index in [1.807, 2.05) is 6.92 Å². The summed E-state index contributed by atoms with van der Waals surface area (Å²) in [7, 11) is 0. The summed E-state index contributed by atoms with van der Waals surface area (Å²) < 4.78 is 0. The third-order valence-electron chi connectivity index (χ3n) is 3.12. The summed E-state index contributed by atoms with van der Waals surface area (Å²) in [6.45, 7) is 3.28. The van der Waals surface area contributed by atoms with Gasteiger partial charge in [0.1, 0.15) is 12.6 Å². The summed E-state index contributed by atoms with van der Waals surface area (Å²) in [6, 6.07) is 4.40. The molecule has 0 spiro atoms. The predicted molar refractivity (Wildman–Crippen MR) is 69.2 cm³/mol. The largest absolute Gasteiger partial charge is 0.398 e. The maximum absolute atomic E-state index is 12.4. The van der Waals surface area contributed by atoms with E-state index in [9.17, 15) is 14.4 Å². The summed E-state index contributed by atoms with van der Waals surface area (Å²) in [6.07, 6.45) is 0. The van der Waals surface area contributed by atoms with Crippen LogP contribution in [0.15, 0.2) is 18.2 Å². The van der Waals surface area contributed by atoms with Crippen LogP contribution in [0.1, 0.15) is 22.8 Å². The summed E-state index contributed by atoms with van der Waals surface area (Å²) >= 11 is 0. The Morgan fingerprint density at radius 2 is 2.11 bits per heavy atom. The lowest BCUT2D eigenvalue weighted by molar-refractivity contribution is -0.138. The van der Waals surface area contributed by atoms with Gasteiger partial charge in [-0.05, 0) is 26.0 Å². The van der Waals surface area contributed by atoms with Crippen molar-refractivity contribution in [1.29, 1.82) is 0 Å². The van der Waals surface area contributed by atoms with E-state index in [4.69, 9.17) is 5.73 Å². The molecular formula is C13H15N3O3. The van der Waals surface area contributed by atoms with Crippen LogP contribution >= 0.6 is 0 Å². The maximum atomic E-state index is 12.4. The number of piperazine rings is 1. The average Bonchev–Trinajstić information content (AvgIpc) is 2.36. The summed E-state index contributed by atoms with van der Waals surface area (Å²) in [5.74, 6) is -1.37. The average molecular weight is 261 g/mol. The standard InChI is InChI=1S/C13H15N3O3/c1-7-3-4-10(14)9(5-7)13(19)16-6-11(17)15-12(18)8(16)2/h3-5,8H,6,14H2,1-2H3,(H,15,17,18). The molecular weight excluding hydrogens is 246 g/mol. The number of nitrogens with one attached hydrogen (secondary N) is 1. The Bertz CT molecular complexity index is 568. The highest BCUT2D eigenvalue weighted by Crippen LogP contribution is 2.18. The minimum atomic E-state index is -0.690. The first-order valence-corrected chi connectivity index (χ1v) is 5.91. The number of benzene rings is 1. The molecule has 0 radical (unpaired) electrons. The number of carbonyl (C=O) groups is 3. The van der Waals surface area contributed by atoms with Gasteiger partial charge in [-0.1, -0.05) is 11.6 Å². The molecule has 1 aliphatic rings. The van der Waals surface area contributed by atoms with Gasteiger partial charge in [-0.3, -0.25) is 19.7 Å². The smallest absolute Gasteiger partial charge is 0.257 e. The van der Waals surface area contributed by atoms with E-state index < -0.39 is 23.8 Å². The molecule has 3 N–H and O–H groups in total. The molecule has 1 fully saturated rings. The molecule has 2 rings (SSSR count). The summed E-state index contributed by atoms with van der Waals surface area (Å²) in [5, 5.41) is 2.19. The number of imide groups is 1. The first kappa shape index (κ1) is 13.1. The number of carbonyl (C=O) groups excluding carboxylic acids is 3. The van der Waals surface area contributed by atoms with Crippen LogP contribution in [-0.4, -0.2) is 35.2 Å². The van der Waals surface area contributed by atoms with Crippen molar-refractivity contribution >= 4 is 23.4 Å². The van der Waals surface area contributed by atoms with Crippen LogP contribution in [0.5, 0.6) is 0 Å². The third kappa shape index (κ3) is 2.42. The van der Waals surface area contributed by atoms with Crippen molar-refractivity contribution < 1.29 is 14.4 Å². The van der Waals surface area contributed by atoms with Crippen LogP contribution in [-0.2, 0) is 9.59 Å². The van der Waals surface area contributed by atoms with Crippen LogP contribution in [0.25, 0.3) is 0 Å². The van der Waals surface area contributed by atoms with Crippen molar-refractivity contribution in [1.82, 2.24) is 10.2 Å². The Kier molecular flexibility index (Phi) is 3.25. The molecule has 19 heavy (non-hydrogen) atoms. The third-order valence-corrected chi connectivity index (χ3v) is 3.12. The van der Waals surface area contributed by atoms with Gasteiger partial charge in [0.2, 0.25) is 11.8 Å². The van der Waals surface area contributed by atoms with Crippen LogP contribution in [0.2, 0.25) is 0 Å². The van der Waals surface area contributed by atoms with E-state index in [0.29, 0.717) is 11.3 Å². The molecule has 100 valence electrons. The molecule has 1 aromatic rings. The van der Waals surface area contributed by atoms with Gasteiger partial charge in [0.15, 0.2) is 0 Å². The van der Waals surface area contributed by atoms with Crippen LogP contribution in [0, 0.1) is 6.92 Å². The number of amides is 3. The SMILES string of the molecule is Cc1ccc(N)c(C(=O)N2CC(=O)NC(=O)C2C)c1. The van der Waals surface area contributed by atoms with Crippen molar-refractivity contribution in [3.05, 3.63) is 29.3 Å². The number of rotatable bonds is 1. The lowest BCUT2D eigenvalue weighted by Crippen LogP contribution is -2.58. The fourth-order valence-corrected chi connectivity index (χ4v) is 1.97. The van der Waals surface area contributed by atoms with Gasteiger partial charge in [-0.2, -0.15) is 0 Å². The molecule has 3 amide bonds. The molecule has 0 saturated carbocycles. The topological polar surface area (TPSA) is 92.5 Å². The molecule has 1 heterocycles. The Balaban J connectivity index is 2.35. The molecule has 0 bridgehead atoms. The summed E-state index contributed by atoms with van der Waals surface area (Å²) in [5.41, 5.74) is 7.31. The van der Waals surface area contributed by atoms with Gasteiger partial charge in [-0.15, -0.1) is 0 Å². The zero-order chi connectivity index (χ0) is 14.2. The second kappa shape index (κ2) is 4.72. The lowest BCUT2D eigenvalue weighted by Gasteiger charge is -2.32. The van der Waals surface area contributed by atoms with Crippen molar-refractivity contribution in [2.75, 3.05) is 12.3 Å². The zero-order valence-corrected chi connectivity index (χ0v) is 10.8. The van der Waals surface area contributed by atoms with Crippen molar-refractivity contribution in [3.63, 3.8) is 0 Å². The molecule has 1 unspecified atom stereocenters. The van der Waals surface area contributed by atoms with Crippen LogP contribution in [0.4, 0.5) is 5.69 Å². The van der Waals surface area contributed by atoms with Crippen molar-refractivity contribution in [3.8, 4) is 0 Å². The zero-order valence-electron chi connectivity index (χ0n) is 10.8. The van der Waals surface area contributed by atoms with E-state index in [1.54, 1.807) is 25.1 Å². The molecule has 6 heteroatoms. The highest BCUT2D eigenvalue weighted by atomic mass is 16.2. The van der Waals surface area contributed by atoms with Gasteiger partial charge in [0.25, 0.3) is 5.91 Å². The van der Waals surface area contributed by atoms with Gasteiger partial charge in [0, 0.05) is 5.69 Å². The Morgan fingerprint density at radius 3 is 2.79 bits per heavy atom. The monoisotopic (exact) mass is 261 g/mol. The van der Waals surface area contributed by atoms with Crippen LogP contribution in [0.3, 0.4) is 0 Å². The summed E-state index contributed by atoms with van der Waals surface area (Å²) in [4.78, 5) is 36.5. The fraction of sp³-hybridized carbons (Fsp3) is 0.308. The Hall–Kier alpha value is -2.37. The molecule has 1 aromatic carbocycles. The number of nitrogens with two attached hydrogens (primary N) is 1. The highest BCUT2D eigenvalue weighted by Gasteiger charge is 2.34. The predicted octanol–water partition coefficient (Wildman–Crippen LogP) is 0.0643. The molecule has 0 aromatic heterocycles. The number of nitrogens with zero attached hydrogens (tertiary/aromatic N) is 1. The normalized spacial score (nSPS) is 19.3. The molecule has 0 aliphatic carbocycles. The maximum Gasteiger partial charge on any atom is 0.257 e. The van der Waals surface area contributed by atoms with E-state index in [-0.39, 0.29) is 6.54 Å². The number of hydrogen-bond acceptors (Lipinski definition) is 4. The number of anilines is 1. The first-order chi connectivity index (χ1) is 8.90. The quantitative estimate of drug-likeness (QED) is 0.552. The minimum Gasteiger partial charge on any atom is -0.398 e. The van der Waals surface area contributed by atoms with Crippen molar-refractivity contribution in [2.24, 2.45) is 0 Å². The Labute approximate surface area is 110 Å². The number of aryl methyl sites for hydroxylation is 1. The number of hydrogen-bond donors (Lipinski definition) is 2. The Morgan fingerprint density at radius 1 is 1.42 bits per heavy atom. The molecule has 1 saturated heterocycles. The van der Waals surface area contributed by atoms with Gasteiger partial charge in [0.05, 0.1) is 5.56 Å². The minimum absolute atomic E-state index is 0.140. The number of nitrogen functional groups attached to an aromatic ring is 1. The van der Waals surface area contributed by atoms with E-state index in [1.165, 1.54) is 4.90 Å². The van der Waals surface area contributed by atoms with E-state index in [2.05, 4.69) is 5.32 Å². The molecule has 1 atom stereocenters. The van der Waals surface area contributed by atoms with Crippen molar-refractivity contribution in [2.45, 2.75) is 19.9 Å². The van der Waals surface area contributed by atoms with E-state index >= 15 is 0 Å². The van der Waals surface area contributed by atoms with Gasteiger partial charge < -0.3 is 10.6 Å². The molecule has 6 nitrogen and oxygen atoms in total. The van der Waals surface area contributed by atoms with Gasteiger partial charge >= 0.3 is 0 Å². The van der Waals surface area contributed by atoms with Crippen LogP contribution < -0.4 is 11.1 Å². The fourth-order valence-electron chi connectivity index (χ4n) is 1.97. The lowest BCUT2D eigenvalue weighted by atomic mass is 10.1. The molecule has 1 aliphatic heterocycles. The second-order valence-electron chi connectivity index (χ2n) is 4.61. The second-order valence-corrected chi connectivity index (χ2v) is 4.61. The first-order valence-electron chi connectivity index (χ1n) is 5.91. The van der Waals surface area contributed by atoms with Gasteiger partial charge in [-0.25, -0.2) is 0 Å².